The van der Waals surface area contributed by atoms with Gasteiger partial charge in [-0.25, -0.2) is 0 Å². The fourth-order valence-corrected chi connectivity index (χ4v) is 0.596. The van der Waals surface area contributed by atoms with Gasteiger partial charge in [0.25, 0.3) is 0 Å². The van der Waals surface area contributed by atoms with Crippen LogP contribution in [0, 0.1) is 0 Å². The van der Waals surface area contributed by atoms with Crippen LogP contribution < -0.4 is 0 Å². The summed E-state index contributed by atoms with van der Waals surface area (Å²) in [4.78, 5) is 0. The van der Waals surface area contributed by atoms with Crippen LogP contribution in [0.25, 0.3) is 0 Å². The van der Waals surface area contributed by atoms with E-state index in [0.717, 1.165) is 0 Å². The molecular weight excluding hydrogens is 205 g/mol. The summed E-state index contributed by atoms with van der Waals surface area (Å²) in [6.45, 7) is 8.92. The molecule has 0 fully saturated rings. The Morgan fingerprint density at radius 3 is 1.25 bits per heavy atom. The van der Waals surface area contributed by atoms with Crippen LogP contribution in [0.1, 0.15) is 27.7 Å². The Kier molecular flexibility index (Phi) is 4.07. The molecule has 0 saturated heterocycles. The summed E-state index contributed by atoms with van der Waals surface area (Å²) >= 11 is 1.53. The van der Waals surface area contributed by atoms with Gasteiger partial charge in [-0.2, -0.15) is 0 Å². The van der Waals surface area contributed by atoms with Crippen LogP contribution in [-0.4, -0.2) is 38.0 Å². The molecule has 0 N–H and O–H groups in total. The van der Waals surface area contributed by atoms with E-state index in [1.165, 1.54) is 22.8 Å². The predicted molar refractivity (Wildman–Crippen MR) is 37.9 cm³/mol. The van der Waals surface area contributed by atoms with Gasteiger partial charge in [0, 0.05) is 0 Å². The van der Waals surface area contributed by atoms with Gasteiger partial charge in [-0.15, -0.1) is 0 Å². The maximum atomic E-state index is 2.42. The Bertz CT molecular complexity index is 53.5. The van der Waals surface area contributed by atoms with Gasteiger partial charge >= 0.3 is 65.7 Å². The van der Waals surface area contributed by atoms with E-state index in [9.17, 15) is 0 Å². The molecular formula is C6H14NSn. The fraction of sp³-hybridized carbons (Fsp3) is 1.00. The van der Waals surface area contributed by atoms with E-state index in [1.807, 2.05) is 0 Å². The van der Waals surface area contributed by atoms with Crippen molar-refractivity contribution in [2.45, 2.75) is 39.8 Å². The standard InChI is InChI=1S/C6H14N.Sn/c1-5(2)7-6(3)4;/h5-6H,1-4H3;/q-1;+1. The molecule has 0 bridgehead atoms. The van der Waals surface area contributed by atoms with E-state index in [2.05, 4.69) is 30.8 Å². The van der Waals surface area contributed by atoms with Gasteiger partial charge in [0.05, 0.1) is 0 Å². The van der Waals surface area contributed by atoms with Gasteiger partial charge in [-0.3, -0.25) is 0 Å². The van der Waals surface area contributed by atoms with Crippen molar-refractivity contribution >= 4 is 22.8 Å². The summed E-state index contributed by atoms with van der Waals surface area (Å²) in [5.74, 6) is 0. The summed E-state index contributed by atoms with van der Waals surface area (Å²) in [6.07, 6.45) is 0. The van der Waals surface area contributed by atoms with Gasteiger partial charge < -0.3 is 0 Å². The number of rotatable bonds is 2. The predicted octanol–water partition coefficient (Wildman–Crippen LogP) is 1.19. The summed E-state index contributed by atoms with van der Waals surface area (Å²) in [6, 6.07) is 1.43. The first kappa shape index (κ1) is 8.76. The first-order valence-electron chi connectivity index (χ1n) is 3.05. The molecule has 0 spiro atoms. The molecule has 2 heteroatoms. The van der Waals surface area contributed by atoms with Crippen molar-refractivity contribution in [1.29, 1.82) is 0 Å². The summed E-state index contributed by atoms with van der Waals surface area (Å²) in [7, 11) is 0. The fourth-order valence-electron chi connectivity index (χ4n) is 0.596. The first-order valence-corrected chi connectivity index (χ1v) is 4.33. The van der Waals surface area contributed by atoms with Crippen molar-refractivity contribution in [1.82, 2.24) is 3.12 Å². The molecule has 0 atom stereocenters. The quantitative estimate of drug-likeness (QED) is 0.630. The van der Waals surface area contributed by atoms with Gasteiger partial charge in [-0.05, 0) is 0 Å². The number of hydrogen-bond donors (Lipinski definition) is 0. The molecule has 0 aromatic rings. The van der Waals surface area contributed by atoms with Crippen molar-refractivity contribution < 1.29 is 0 Å². The van der Waals surface area contributed by atoms with Crippen LogP contribution in [0.4, 0.5) is 0 Å². The number of hydrogen-bond acceptors (Lipinski definition) is 1. The SMILES string of the molecule is CC(C)[N]([Sn])C(C)C. The van der Waals surface area contributed by atoms with Crippen molar-refractivity contribution in [3.05, 3.63) is 0 Å². The second kappa shape index (κ2) is 3.72. The number of nitrogens with zero attached hydrogens (tertiary/aromatic N) is 1. The molecule has 0 aliphatic carbocycles. The molecule has 3 radical (unpaired) electrons. The molecule has 0 aliphatic rings. The zero-order valence-corrected chi connectivity index (χ0v) is 8.96. The van der Waals surface area contributed by atoms with E-state index in [1.54, 1.807) is 0 Å². The molecule has 0 aromatic carbocycles. The molecule has 0 rings (SSSR count). The van der Waals surface area contributed by atoms with E-state index in [4.69, 9.17) is 0 Å². The molecule has 0 aliphatic heterocycles. The Labute approximate surface area is 65.9 Å². The molecule has 8 heavy (non-hydrogen) atoms. The van der Waals surface area contributed by atoms with Crippen molar-refractivity contribution in [3.63, 3.8) is 0 Å². The van der Waals surface area contributed by atoms with Crippen LogP contribution in [0.5, 0.6) is 0 Å². The van der Waals surface area contributed by atoms with E-state index < -0.39 is 0 Å². The topological polar surface area (TPSA) is 3.24 Å². The normalized spacial score (nSPS) is 12.0. The van der Waals surface area contributed by atoms with Crippen LogP contribution in [0.3, 0.4) is 0 Å². The third kappa shape index (κ3) is 2.92. The third-order valence-electron chi connectivity index (χ3n) is 1.11. The average Bonchev–Trinajstić information content (AvgIpc) is 1.64. The van der Waals surface area contributed by atoms with Crippen molar-refractivity contribution in [3.8, 4) is 0 Å². The molecule has 1 nitrogen and oxygen atoms in total. The third-order valence-corrected chi connectivity index (χ3v) is 4.06. The van der Waals surface area contributed by atoms with Gasteiger partial charge in [0.1, 0.15) is 0 Å². The molecule has 47 valence electrons. The van der Waals surface area contributed by atoms with Crippen LogP contribution >= 0.6 is 0 Å². The second-order valence-corrected chi connectivity index (χ2v) is 4.07. The Morgan fingerprint density at radius 2 is 1.25 bits per heavy atom. The minimum atomic E-state index is 0.716. The average molecular weight is 219 g/mol. The molecule has 0 unspecified atom stereocenters. The van der Waals surface area contributed by atoms with Gasteiger partial charge in [0.15, 0.2) is 0 Å². The van der Waals surface area contributed by atoms with Crippen LogP contribution in [0.15, 0.2) is 0 Å². The van der Waals surface area contributed by atoms with Crippen molar-refractivity contribution in [2.24, 2.45) is 0 Å². The molecule has 0 saturated carbocycles. The van der Waals surface area contributed by atoms with Crippen LogP contribution in [-0.2, 0) is 0 Å². The van der Waals surface area contributed by atoms with E-state index in [-0.39, 0.29) is 0 Å². The Morgan fingerprint density at radius 1 is 1.00 bits per heavy atom. The van der Waals surface area contributed by atoms with E-state index in [0.29, 0.717) is 12.1 Å². The van der Waals surface area contributed by atoms with Gasteiger partial charge in [0.2, 0.25) is 0 Å². The van der Waals surface area contributed by atoms with E-state index >= 15 is 0 Å². The molecule has 0 heterocycles. The minimum absolute atomic E-state index is 0.716. The van der Waals surface area contributed by atoms with Crippen molar-refractivity contribution in [2.75, 3.05) is 0 Å². The van der Waals surface area contributed by atoms with Gasteiger partial charge in [-0.1, -0.05) is 0 Å². The molecule has 0 aromatic heterocycles. The van der Waals surface area contributed by atoms with Crippen LogP contribution in [0.2, 0.25) is 0 Å². The zero-order valence-electron chi connectivity index (χ0n) is 6.10. The monoisotopic (exact) mass is 220 g/mol. The Balaban J connectivity index is 3.46. The second-order valence-electron chi connectivity index (χ2n) is 2.59. The molecule has 0 amide bonds. The summed E-state index contributed by atoms with van der Waals surface area (Å²) in [5, 5.41) is 0. The maximum absolute atomic E-state index is 2.42. The Hall–Kier alpha value is 0.759. The zero-order chi connectivity index (χ0) is 6.73. The summed E-state index contributed by atoms with van der Waals surface area (Å²) < 4.78 is 2.42. The summed E-state index contributed by atoms with van der Waals surface area (Å²) in [5.41, 5.74) is 0. The first-order chi connectivity index (χ1) is 3.55.